The van der Waals surface area contributed by atoms with Crippen molar-refractivity contribution < 1.29 is 32.5 Å². The molecule has 0 aliphatic carbocycles. The fraction of sp³-hybridized carbons (Fsp3) is 0.625. The number of hydrogen-bond acceptors (Lipinski definition) is 4. The zero-order chi connectivity index (χ0) is 11.7. The van der Waals surface area contributed by atoms with Gasteiger partial charge in [0.25, 0.3) is 5.79 Å². The lowest BCUT2D eigenvalue weighted by atomic mass is 10.1. The Morgan fingerprint density at radius 2 is 2.27 bits per heavy atom. The smallest absolute Gasteiger partial charge is 0.443 e. The van der Waals surface area contributed by atoms with Gasteiger partial charge in [-0.1, -0.05) is 6.58 Å². The van der Waals surface area contributed by atoms with E-state index < -0.39 is 37.1 Å². The number of halogens is 3. The predicted molar refractivity (Wildman–Crippen MR) is 41.7 cm³/mol. The first-order valence-corrected chi connectivity index (χ1v) is 4.04. The molecule has 15 heavy (non-hydrogen) atoms. The number of esters is 1. The van der Waals surface area contributed by atoms with E-state index in [1.165, 1.54) is 0 Å². The maximum atomic E-state index is 12.2. The van der Waals surface area contributed by atoms with Gasteiger partial charge >= 0.3 is 12.1 Å². The molecule has 0 aromatic carbocycles. The minimum Gasteiger partial charge on any atom is -0.457 e. The van der Waals surface area contributed by atoms with Crippen LogP contribution in [-0.2, 0) is 14.3 Å². The van der Waals surface area contributed by atoms with Crippen molar-refractivity contribution in [1.29, 1.82) is 0 Å². The number of carbonyl (C=O) groups excluding carboxylic acids is 1. The number of hydrogen-bond donors (Lipinski definition) is 1. The van der Waals surface area contributed by atoms with Gasteiger partial charge in [0.15, 0.2) is 0 Å². The first-order chi connectivity index (χ1) is 6.78. The standard InChI is InChI=1S/C8H9F3O4/c1-2-6(12)15-5-3-7(13,14-4-5)8(9,10)11/h2,5,13H,1,3-4H2. The molecule has 0 bridgehead atoms. The number of ether oxygens (including phenoxy) is 2. The van der Waals surface area contributed by atoms with Gasteiger partial charge in [-0.2, -0.15) is 13.2 Å². The van der Waals surface area contributed by atoms with Crippen molar-refractivity contribution in [2.45, 2.75) is 24.5 Å². The lowest BCUT2D eigenvalue weighted by Crippen LogP contribution is -2.44. The number of rotatable bonds is 2. The minimum atomic E-state index is -4.90. The molecule has 0 spiro atoms. The first-order valence-electron chi connectivity index (χ1n) is 4.04. The Bertz CT molecular complexity index is 276. The van der Waals surface area contributed by atoms with Gasteiger partial charge in [-0.25, -0.2) is 4.79 Å². The molecule has 2 unspecified atom stereocenters. The average Bonchev–Trinajstić information content (AvgIpc) is 2.47. The van der Waals surface area contributed by atoms with E-state index in [-0.39, 0.29) is 0 Å². The highest BCUT2D eigenvalue weighted by Gasteiger charge is 2.60. The molecule has 86 valence electrons. The molecule has 1 heterocycles. The van der Waals surface area contributed by atoms with E-state index in [0.717, 1.165) is 6.08 Å². The van der Waals surface area contributed by atoms with Crippen LogP contribution in [0.5, 0.6) is 0 Å². The summed E-state index contributed by atoms with van der Waals surface area (Å²) < 4.78 is 45.3. The molecule has 1 aliphatic rings. The third-order valence-corrected chi connectivity index (χ3v) is 1.90. The average molecular weight is 226 g/mol. The van der Waals surface area contributed by atoms with Crippen LogP contribution in [0.15, 0.2) is 12.7 Å². The van der Waals surface area contributed by atoms with Crippen molar-refractivity contribution in [3.05, 3.63) is 12.7 Å². The second-order valence-corrected chi connectivity index (χ2v) is 3.06. The number of alkyl halides is 3. The van der Waals surface area contributed by atoms with Crippen LogP contribution in [0.4, 0.5) is 13.2 Å². The lowest BCUT2D eigenvalue weighted by Gasteiger charge is -2.23. The van der Waals surface area contributed by atoms with Gasteiger partial charge in [-0.05, 0) is 0 Å². The minimum absolute atomic E-state index is 0.490. The van der Waals surface area contributed by atoms with E-state index in [9.17, 15) is 18.0 Å². The Morgan fingerprint density at radius 3 is 2.67 bits per heavy atom. The molecule has 0 aromatic heterocycles. The maximum absolute atomic E-state index is 12.2. The summed E-state index contributed by atoms with van der Waals surface area (Å²) in [6.45, 7) is 2.60. The van der Waals surface area contributed by atoms with Crippen LogP contribution in [0.25, 0.3) is 0 Å². The van der Waals surface area contributed by atoms with E-state index in [1.54, 1.807) is 0 Å². The van der Waals surface area contributed by atoms with E-state index in [2.05, 4.69) is 16.1 Å². The first kappa shape index (κ1) is 12.0. The molecule has 7 heteroatoms. The third kappa shape index (κ3) is 2.48. The topological polar surface area (TPSA) is 55.8 Å². The van der Waals surface area contributed by atoms with Crippen molar-refractivity contribution in [3.63, 3.8) is 0 Å². The highest BCUT2D eigenvalue weighted by Crippen LogP contribution is 2.39. The van der Waals surface area contributed by atoms with Gasteiger partial charge in [0.05, 0.1) is 13.0 Å². The number of aliphatic hydroxyl groups is 1. The molecular formula is C8H9F3O4. The van der Waals surface area contributed by atoms with Gasteiger partial charge in [0.2, 0.25) is 0 Å². The summed E-state index contributed by atoms with van der Waals surface area (Å²) in [6, 6.07) is 0. The summed E-state index contributed by atoms with van der Waals surface area (Å²) in [5, 5.41) is 9.02. The van der Waals surface area contributed by atoms with Crippen molar-refractivity contribution >= 4 is 5.97 Å². The van der Waals surface area contributed by atoms with Gasteiger partial charge in [0.1, 0.15) is 6.10 Å². The fourth-order valence-electron chi connectivity index (χ4n) is 1.14. The van der Waals surface area contributed by atoms with E-state index >= 15 is 0 Å². The van der Waals surface area contributed by atoms with Crippen LogP contribution in [0.1, 0.15) is 6.42 Å². The summed E-state index contributed by atoms with van der Waals surface area (Å²) in [4.78, 5) is 10.7. The van der Waals surface area contributed by atoms with Crippen molar-refractivity contribution in [2.75, 3.05) is 6.61 Å². The molecule has 0 aromatic rings. The van der Waals surface area contributed by atoms with Gasteiger partial charge in [0, 0.05) is 6.08 Å². The summed E-state index contributed by atoms with van der Waals surface area (Å²) in [5.41, 5.74) is 0. The van der Waals surface area contributed by atoms with Crippen LogP contribution in [-0.4, -0.2) is 35.8 Å². The maximum Gasteiger partial charge on any atom is 0.443 e. The Balaban J connectivity index is 2.59. The number of carbonyl (C=O) groups is 1. The molecular weight excluding hydrogens is 217 g/mol. The Hall–Kier alpha value is -1.08. The highest BCUT2D eigenvalue weighted by atomic mass is 19.4. The van der Waals surface area contributed by atoms with Crippen LogP contribution in [0.3, 0.4) is 0 Å². The Morgan fingerprint density at radius 1 is 1.67 bits per heavy atom. The van der Waals surface area contributed by atoms with Gasteiger partial charge in [-0.3, -0.25) is 0 Å². The van der Waals surface area contributed by atoms with E-state index in [1.807, 2.05) is 0 Å². The molecule has 1 N–H and O–H groups in total. The molecule has 0 saturated carbocycles. The second-order valence-electron chi connectivity index (χ2n) is 3.06. The normalized spacial score (nSPS) is 31.3. The van der Waals surface area contributed by atoms with Crippen molar-refractivity contribution in [3.8, 4) is 0 Å². The van der Waals surface area contributed by atoms with Crippen LogP contribution in [0, 0.1) is 0 Å². The van der Waals surface area contributed by atoms with E-state index in [4.69, 9.17) is 5.11 Å². The monoisotopic (exact) mass is 226 g/mol. The summed E-state index contributed by atoms with van der Waals surface area (Å²) in [7, 11) is 0. The summed E-state index contributed by atoms with van der Waals surface area (Å²) in [6.07, 6.45) is -6.01. The highest BCUT2D eigenvalue weighted by molar-refractivity contribution is 5.81. The quantitative estimate of drug-likeness (QED) is 0.557. The SMILES string of the molecule is C=CC(=O)OC1COC(O)(C(F)(F)F)C1. The fourth-order valence-corrected chi connectivity index (χ4v) is 1.14. The zero-order valence-corrected chi connectivity index (χ0v) is 7.58. The van der Waals surface area contributed by atoms with Crippen LogP contribution in [0.2, 0.25) is 0 Å². The van der Waals surface area contributed by atoms with Gasteiger partial charge < -0.3 is 14.6 Å². The molecule has 1 fully saturated rings. The predicted octanol–water partition coefficient (Wildman–Crippen LogP) is 0.755. The van der Waals surface area contributed by atoms with Crippen LogP contribution >= 0.6 is 0 Å². The molecule has 1 aliphatic heterocycles. The lowest BCUT2D eigenvalue weighted by molar-refractivity contribution is -0.349. The molecule has 1 rings (SSSR count). The summed E-state index contributed by atoms with van der Waals surface area (Å²) >= 11 is 0. The van der Waals surface area contributed by atoms with Crippen molar-refractivity contribution in [1.82, 2.24) is 0 Å². The van der Waals surface area contributed by atoms with Gasteiger partial charge in [-0.15, -0.1) is 0 Å². The zero-order valence-electron chi connectivity index (χ0n) is 7.58. The summed E-state index contributed by atoms with van der Waals surface area (Å²) in [5.74, 6) is -4.07. The van der Waals surface area contributed by atoms with E-state index in [0.29, 0.717) is 0 Å². The van der Waals surface area contributed by atoms with Crippen molar-refractivity contribution in [2.24, 2.45) is 0 Å². The third-order valence-electron chi connectivity index (χ3n) is 1.90. The molecule has 0 radical (unpaired) electrons. The Labute approximate surface area is 83.3 Å². The second kappa shape index (κ2) is 3.82. The molecule has 4 nitrogen and oxygen atoms in total. The molecule has 1 saturated heterocycles. The largest absolute Gasteiger partial charge is 0.457 e. The Kier molecular flexibility index (Phi) is 3.05. The van der Waals surface area contributed by atoms with Crippen LogP contribution < -0.4 is 0 Å². The molecule has 0 amide bonds. The molecule has 2 atom stereocenters.